The maximum Gasteiger partial charge on any atom is 0.307 e. The van der Waals surface area contributed by atoms with Gasteiger partial charge in [0, 0.05) is 18.0 Å². The largest absolute Gasteiger partial charge is 0.451 e. The third-order valence-electron chi connectivity index (χ3n) is 4.26. The van der Waals surface area contributed by atoms with Crippen LogP contribution in [-0.2, 0) is 4.79 Å². The summed E-state index contributed by atoms with van der Waals surface area (Å²) in [6.07, 6.45) is 1.52. The summed E-state index contributed by atoms with van der Waals surface area (Å²) in [5, 5.41) is 9.67. The standard InChI is InChI=1S/C22H17N3O3/c1-14(26)24-17-9-6-15(7-10-17)13-23-25-22(27)21-12-19-18-5-3-2-4-16(18)8-11-20(19)28-21/h2-13H,1H3,(H,24,26)(H,25,27). The van der Waals surface area contributed by atoms with Crippen LogP contribution in [0.4, 0.5) is 5.69 Å². The molecule has 2 N–H and O–H groups in total. The molecule has 138 valence electrons. The van der Waals surface area contributed by atoms with E-state index in [1.807, 2.05) is 36.4 Å². The van der Waals surface area contributed by atoms with E-state index in [9.17, 15) is 9.59 Å². The summed E-state index contributed by atoms with van der Waals surface area (Å²) in [4.78, 5) is 23.4. The lowest BCUT2D eigenvalue weighted by atomic mass is 10.1. The zero-order chi connectivity index (χ0) is 19.5. The van der Waals surface area contributed by atoms with Crippen LogP contribution in [0.15, 0.2) is 76.2 Å². The van der Waals surface area contributed by atoms with Gasteiger partial charge in [-0.15, -0.1) is 0 Å². The van der Waals surface area contributed by atoms with Crippen molar-refractivity contribution in [1.29, 1.82) is 0 Å². The van der Waals surface area contributed by atoms with Crippen LogP contribution in [0.2, 0.25) is 0 Å². The molecule has 28 heavy (non-hydrogen) atoms. The maximum absolute atomic E-state index is 12.3. The first-order valence-electron chi connectivity index (χ1n) is 8.72. The van der Waals surface area contributed by atoms with E-state index in [1.165, 1.54) is 13.1 Å². The second kappa shape index (κ2) is 7.36. The zero-order valence-electron chi connectivity index (χ0n) is 15.1. The molecule has 0 atom stereocenters. The third-order valence-corrected chi connectivity index (χ3v) is 4.26. The number of carbonyl (C=O) groups is 2. The summed E-state index contributed by atoms with van der Waals surface area (Å²) < 4.78 is 5.67. The smallest absolute Gasteiger partial charge is 0.307 e. The van der Waals surface area contributed by atoms with Gasteiger partial charge in [0.1, 0.15) is 5.58 Å². The second-order valence-corrected chi connectivity index (χ2v) is 6.31. The fourth-order valence-corrected chi connectivity index (χ4v) is 2.98. The summed E-state index contributed by atoms with van der Waals surface area (Å²) in [6, 6.07) is 20.6. The third kappa shape index (κ3) is 3.61. The van der Waals surface area contributed by atoms with Gasteiger partial charge in [-0.2, -0.15) is 5.10 Å². The number of hydrazone groups is 1. The van der Waals surface area contributed by atoms with E-state index in [2.05, 4.69) is 15.8 Å². The highest BCUT2D eigenvalue weighted by atomic mass is 16.3. The molecule has 1 heterocycles. The SMILES string of the molecule is CC(=O)Nc1ccc(C=NNC(=O)c2cc3c(ccc4ccccc43)o2)cc1. The molecule has 0 saturated carbocycles. The van der Waals surface area contributed by atoms with Crippen molar-refractivity contribution in [2.24, 2.45) is 5.10 Å². The van der Waals surface area contributed by atoms with Crippen LogP contribution in [0.1, 0.15) is 23.0 Å². The Bertz CT molecular complexity index is 1210. The Morgan fingerprint density at radius 3 is 2.54 bits per heavy atom. The molecule has 6 heteroatoms. The number of fused-ring (bicyclic) bond motifs is 3. The normalized spacial score (nSPS) is 11.2. The van der Waals surface area contributed by atoms with Gasteiger partial charge in [0.2, 0.25) is 5.91 Å². The number of carbonyl (C=O) groups excluding carboxylic acids is 2. The van der Waals surface area contributed by atoms with Crippen molar-refractivity contribution < 1.29 is 14.0 Å². The average Bonchev–Trinajstić information content (AvgIpc) is 3.14. The van der Waals surface area contributed by atoms with Gasteiger partial charge >= 0.3 is 5.91 Å². The molecule has 0 radical (unpaired) electrons. The quantitative estimate of drug-likeness (QED) is 0.414. The van der Waals surface area contributed by atoms with Gasteiger partial charge in [-0.1, -0.05) is 42.5 Å². The predicted molar refractivity (Wildman–Crippen MR) is 110 cm³/mol. The van der Waals surface area contributed by atoms with Crippen molar-refractivity contribution in [3.05, 3.63) is 78.1 Å². The van der Waals surface area contributed by atoms with Crippen LogP contribution in [-0.4, -0.2) is 18.0 Å². The Hall–Kier alpha value is -3.93. The molecule has 0 saturated heterocycles. The summed E-state index contributed by atoms with van der Waals surface area (Å²) in [5.41, 5.74) is 4.60. The van der Waals surface area contributed by atoms with Crippen molar-refractivity contribution in [3.8, 4) is 0 Å². The minimum Gasteiger partial charge on any atom is -0.451 e. The monoisotopic (exact) mass is 371 g/mol. The Morgan fingerprint density at radius 1 is 0.964 bits per heavy atom. The van der Waals surface area contributed by atoms with Crippen molar-refractivity contribution in [2.45, 2.75) is 6.92 Å². The molecule has 0 aliphatic carbocycles. The van der Waals surface area contributed by atoms with Crippen LogP contribution in [0.25, 0.3) is 21.7 Å². The van der Waals surface area contributed by atoms with E-state index in [0.29, 0.717) is 11.3 Å². The molecule has 4 aromatic rings. The molecule has 0 bridgehead atoms. The summed E-state index contributed by atoms with van der Waals surface area (Å²) >= 11 is 0. The maximum atomic E-state index is 12.3. The molecule has 0 unspecified atom stereocenters. The number of hydrogen-bond donors (Lipinski definition) is 2. The first-order valence-corrected chi connectivity index (χ1v) is 8.72. The minimum absolute atomic E-state index is 0.132. The predicted octanol–water partition coefficient (Wildman–Crippen LogP) is 4.31. The lowest BCUT2D eigenvalue weighted by molar-refractivity contribution is -0.114. The van der Waals surface area contributed by atoms with E-state index in [-0.39, 0.29) is 11.7 Å². The summed E-state index contributed by atoms with van der Waals surface area (Å²) in [6.45, 7) is 1.45. The van der Waals surface area contributed by atoms with Gasteiger partial charge in [-0.25, -0.2) is 5.43 Å². The first kappa shape index (κ1) is 17.5. The zero-order valence-corrected chi connectivity index (χ0v) is 15.1. The van der Waals surface area contributed by atoms with Crippen molar-refractivity contribution in [2.75, 3.05) is 5.32 Å². The van der Waals surface area contributed by atoms with E-state index < -0.39 is 5.91 Å². The number of amides is 2. The highest BCUT2D eigenvalue weighted by Crippen LogP contribution is 2.28. The number of nitrogens with zero attached hydrogens (tertiary/aromatic N) is 1. The Balaban J connectivity index is 1.48. The molecule has 0 fully saturated rings. The lowest BCUT2D eigenvalue weighted by Gasteiger charge is -2.01. The Kier molecular flexibility index (Phi) is 4.60. The van der Waals surface area contributed by atoms with E-state index in [0.717, 1.165) is 21.7 Å². The molecule has 6 nitrogen and oxygen atoms in total. The minimum atomic E-state index is -0.425. The first-order chi connectivity index (χ1) is 13.6. The van der Waals surface area contributed by atoms with Gasteiger partial charge < -0.3 is 9.73 Å². The summed E-state index contributed by atoms with van der Waals surface area (Å²) in [7, 11) is 0. The number of furan rings is 1. The molecular formula is C22H17N3O3. The van der Waals surface area contributed by atoms with Crippen molar-refractivity contribution >= 4 is 45.5 Å². The van der Waals surface area contributed by atoms with Crippen LogP contribution in [0.5, 0.6) is 0 Å². The van der Waals surface area contributed by atoms with Crippen LogP contribution in [0.3, 0.4) is 0 Å². The number of hydrogen-bond acceptors (Lipinski definition) is 4. The van der Waals surface area contributed by atoms with Gasteiger partial charge in [0.15, 0.2) is 5.76 Å². The van der Waals surface area contributed by atoms with Gasteiger partial charge in [0.25, 0.3) is 0 Å². The molecule has 1 aromatic heterocycles. The molecule has 0 aliphatic heterocycles. The van der Waals surface area contributed by atoms with Gasteiger partial charge in [-0.05, 0) is 40.6 Å². The number of nitrogens with one attached hydrogen (secondary N) is 2. The Labute approximate surface area is 160 Å². The van der Waals surface area contributed by atoms with E-state index in [1.54, 1.807) is 30.3 Å². The van der Waals surface area contributed by atoms with Crippen LogP contribution in [0, 0.1) is 0 Å². The highest BCUT2D eigenvalue weighted by Gasteiger charge is 2.13. The lowest BCUT2D eigenvalue weighted by Crippen LogP contribution is -2.16. The average molecular weight is 371 g/mol. The fraction of sp³-hybridized carbons (Fsp3) is 0.0455. The van der Waals surface area contributed by atoms with Gasteiger partial charge in [0.05, 0.1) is 6.21 Å². The molecule has 3 aromatic carbocycles. The molecule has 4 rings (SSSR count). The van der Waals surface area contributed by atoms with Crippen LogP contribution < -0.4 is 10.7 Å². The summed E-state index contributed by atoms with van der Waals surface area (Å²) in [5.74, 6) is -0.358. The number of anilines is 1. The number of benzene rings is 3. The van der Waals surface area contributed by atoms with Gasteiger partial charge in [-0.3, -0.25) is 9.59 Å². The van der Waals surface area contributed by atoms with Crippen LogP contribution >= 0.6 is 0 Å². The topological polar surface area (TPSA) is 83.7 Å². The van der Waals surface area contributed by atoms with E-state index >= 15 is 0 Å². The molecule has 2 amide bonds. The Morgan fingerprint density at radius 2 is 1.75 bits per heavy atom. The second-order valence-electron chi connectivity index (χ2n) is 6.31. The molecule has 0 spiro atoms. The van der Waals surface area contributed by atoms with E-state index in [4.69, 9.17) is 4.42 Å². The van der Waals surface area contributed by atoms with Crippen molar-refractivity contribution in [1.82, 2.24) is 5.43 Å². The molecular weight excluding hydrogens is 354 g/mol. The number of rotatable bonds is 4. The molecule has 0 aliphatic rings. The van der Waals surface area contributed by atoms with Crippen molar-refractivity contribution in [3.63, 3.8) is 0 Å². The fourth-order valence-electron chi connectivity index (χ4n) is 2.98. The highest BCUT2D eigenvalue weighted by molar-refractivity contribution is 6.08.